The van der Waals surface area contributed by atoms with E-state index in [1.165, 1.54) is 4.90 Å². The van der Waals surface area contributed by atoms with Gasteiger partial charge in [0.15, 0.2) is 0 Å². The number of aliphatic carboxylic acids is 1. The van der Waals surface area contributed by atoms with Gasteiger partial charge in [0.2, 0.25) is 5.91 Å². The molecule has 0 spiro atoms. The molecule has 124 valence electrons. The summed E-state index contributed by atoms with van der Waals surface area (Å²) in [5.41, 5.74) is -0.682. The highest BCUT2D eigenvalue weighted by Crippen LogP contribution is 2.29. The molecule has 0 aromatic heterocycles. The lowest BCUT2D eigenvalue weighted by atomic mass is 9.84. The van der Waals surface area contributed by atoms with E-state index in [2.05, 4.69) is 0 Å². The number of carbonyl (C=O) groups is 3. The van der Waals surface area contributed by atoms with E-state index in [9.17, 15) is 19.5 Å². The summed E-state index contributed by atoms with van der Waals surface area (Å²) in [6.07, 6.45) is 2.16. The molecule has 1 unspecified atom stereocenters. The fourth-order valence-corrected chi connectivity index (χ4v) is 2.65. The second-order valence-corrected chi connectivity index (χ2v) is 6.94. The number of carbonyl (C=O) groups excluding carboxylic acids is 2. The number of carboxylic acid groups (broad SMARTS) is 1. The average molecular weight is 312 g/mol. The fraction of sp³-hybridized carbons (Fsp3) is 0.800. The SMILES string of the molecule is CC(C)(C)OC(=O)N1CCN(C(=O)C2CCC2)CC1C(=O)O. The molecule has 0 aromatic carbocycles. The molecule has 1 saturated carbocycles. The minimum absolute atomic E-state index is 0.0151. The van der Waals surface area contributed by atoms with Gasteiger partial charge in [-0.2, -0.15) is 0 Å². The molecule has 0 bridgehead atoms. The number of hydrogen-bond donors (Lipinski definition) is 1. The molecule has 1 aliphatic carbocycles. The molecular formula is C15H24N2O5. The third-order valence-corrected chi connectivity index (χ3v) is 4.06. The average Bonchev–Trinajstić information content (AvgIpc) is 2.33. The van der Waals surface area contributed by atoms with Crippen molar-refractivity contribution >= 4 is 18.0 Å². The fourth-order valence-electron chi connectivity index (χ4n) is 2.65. The summed E-state index contributed by atoms with van der Waals surface area (Å²) in [6.45, 7) is 5.78. The maximum absolute atomic E-state index is 12.3. The quantitative estimate of drug-likeness (QED) is 0.831. The van der Waals surface area contributed by atoms with Crippen molar-refractivity contribution in [1.82, 2.24) is 9.80 Å². The van der Waals surface area contributed by atoms with E-state index in [1.807, 2.05) is 0 Å². The zero-order valence-corrected chi connectivity index (χ0v) is 13.4. The first-order valence-corrected chi connectivity index (χ1v) is 7.70. The van der Waals surface area contributed by atoms with Crippen LogP contribution in [-0.4, -0.2) is 64.2 Å². The van der Waals surface area contributed by atoms with Crippen molar-refractivity contribution in [3.8, 4) is 0 Å². The molecule has 7 heteroatoms. The Labute approximate surface area is 130 Å². The van der Waals surface area contributed by atoms with Gasteiger partial charge < -0.3 is 14.7 Å². The monoisotopic (exact) mass is 312 g/mol. The first-order chi connectivity index (χ1) is 10.2. The Morgan fingerprint density at radius 3 is 2.23 bits per heavy atom. The molecule has 1 aliphatic heterocycles. The van der Waals surface area contributed by atoms with E-state index in [0.717, 1.165) is 19.3 Å². The molecule has 22 heavy (non-hydrogen) atoms. The Balaban J connectivity index is 2.03. The minimum Gasteiger partial charge on any atom is -0.480 e. The van der Waals surface area contributed by atoms with Gasteiger partial charge in [-0.3, -0.25) is 9.69 Å². The Morgan fingerprint density at radius 1 is 1.14 bits per heavy atom. The van der Waals surface area contributed by atoms with Gasteiger partial charge in [-0.25, -0.2) is 9.59 Å². The Morgan fingerprint density at radius 2 is 1.77 bits per heavy atom. The van der Waals surface area contributed by atoms with Crippen LogP contribution in [0, 0.1) is 5.92 Å². The van der Waals surface area contributed by atoms with Crippen molar-refractivity contribution in [2.24, 2.45) is 5.92 Å². The zero-order valence-electron chi connectivity index (χ0n) is 13.4. The normalized spacial score (nSPS) is 23.0. The summed E-state index contributed by atoms with van der Waals surface area (Å²) in [5.74, 6) is -1.07. The predicted molar refractivity (Wildman–Crippen MR) is 78.3 cm³/mol. The highest BCUT2D eigenvalue weighted by molar-refractivity contribution is 5.84. The molecular weight excluding hydrogens is 288 g/mol. The Hall–Kier alpha value is -1.79. The second-order valence-electron chi connectivity index (χ2n) is 6.94. The van der Waals surface area contributed by atoms with Crippen molar-refractivity contribution in [2.75, 3.05) is 19.6 Å². The molecule has 1 N–H and O–H groups in total. The van der Waals surface area contributed by atoms with Crippen molar-refractivity contribution in [1.29, 1.82) is 0 Å². The standard InChI is InChI=1S/C15H24N2O5/c1-15(2,3)22-14(21)17-8-7-16(9-11(17)13(19)20)12(18)10-5-4-6-10/h10-11H,4-9H2,1-3H3,(H,19,20). The van der Waals surface area contributed by atoms with E-state index in [1.54, 1.807) is 25.7 Å². The summed E-state index contributed by atoms with van der Waals surface area (Å²) >= 11 is 0. The lowest BCUT2D eigenvalue weighted by molar-refractivity contribution is -0.150. The van der Waals surface area contributed by atoms with E-state index < -0.39 is 23.7 Å². The summed E-state index contributed by atoms with van der Waals surface area (Å²) in [5, 5.41) is 9.38. The summed E-state index contributed by atoms with van der Waals surface area (Å²) < 4.78 is 5.25. The molecule has 2 rings (SSSR count). The number of piperazine rings is 1. The van der Waals surface area contributed by atoms with Gasteiger partial charge in [0, 0.05) is 19.0 Å². The van der Waals surface area contributed by atoms with Crippen molar-refractivity contribution in [2.45, 2.75) is 51.7 Å². The number of rotatable bonds is 2. The highest BCUT2D eigenvalue weighted by atomic mass is 16.6. The Kier molecular flexibility index (Phi) is 4.63. The van der Waals surface area contributed by atoms with Crippen LogP contribution in [0.5, 0.6) is 0 Å². The molecule has 0 aromatic rings. The van der Waals surface area contributed by atoms with Gasteiger partial charge in [-0.05, 0) is 33.6 Å². The third kappa shape index (κ3) is 3.69. The Bertz CT molecular complexity index is 467. The van der Waals surface area contributed by atoms with E-state index >= 15 is 0 Å². The van der Waals surface area contributed by atoms with Crippen LogP contribution >= 0.6 is 0 Å². The predicted octanol–water partition coefficient (Wildman–Crippen LogP) is 1.32. The first-order valence-electron chi connectivity index (χ1n) is 7.70. The van der Waals surface area contributed by atoms with E-state index in [4.69, 9.17) is 4.74 Å². The van der Waals surface area contributed by atoms with Crippen LogP contribution in [0.25, 0.3) is 0 Å². The summed E-state index contributed by atoms with van der Waals surface area (Å²) in [6, 6.07) is -1.05. The van der Waals surface area contributed by atoms with Crippen LogP contribution < -0.4 is 0 Å². The van der Waals surface area contributed by atoms with Crippen LogP contribution in [0.3, 0.4) is 0 Å². The zero-order chi connectivity index (χ0) is 16.5. The second kappa shape index (κ2) is 6.14. The molecule has 2 amide bonds. The lowest BCUT2D eigenvalue weighted by Crippen LogP contribution is -2.61. The van der Waals surface area contributed by atoms with E-state index in [-0.39, 0.29) is 24.9 Å². The number of hydrogen-bond acceptors (Lipinski definition) is 4. The molecule has 0 radical (unpaired) electrons. The maximum atomic E-state index is 12.3. The molecule has 1 saturated heterocycles. The van der Waals surface area contributed by atoms with E-state index in [0.29, 0.717) is 6.54 Å². The summed E-state index contributed by atoms with van der Waals surface area (Å²) in [7, 11) is 0. The summed E-state index contributed by atoms with van der Waals surface area (Å²) in [4.78, 5) is 38.6. The number of ether oxygens (including phenoxy) is 1. The molecule has 2 fully saturated rings. The number of amides is 2. The highest BCUT2D eigenvalue weighted by Gasteiger charge is 2.40. The van der Waals surface area contributed by atoms with Crippen molar-refractivity contribution < 1.29 is 24.2 Å². The van der Waals surface area contributed by atoms with Crippen LogP contribution in [0.4, 0.5) is 4.79 Å². The van der Waals surface area contributed by atoms with Crippen LogP contribution in [-0.2, 0) is 14.3 Å². The van der Waals surface area contributed by atoms with Gasteiger partial charge in [-0.1, -0.05) is 6.42 Å². The van der Waals surface area contributed by atoms with Crippen LogP contribution in [0.1, 0.15) is 40.0 Å². The third-order valence-electron chi connectivity index (χ3n) is 4.06. The van der Waals surface area contributed by atoms with Gasteiger partial charge in [0.1, 0.15) is 11.6 Å². The maximum Gasteiger partial charge on any atom is 0.411 e. The first kappa shape index (κ1) is 16.6. The topological polar surface area (TPSA) is 87.2 Å². The molecule has 1 atom stereocenters. The van der Waals surface area contributed by atoms with Gasteiger partial charge in [-0.15, -0.1) is 0 Å². The molecule has 7 nitrogen and oxygen atoms in total. The molecule has 1 heterocycles. The van der Waals surface area contributed by atoms with Gasteiger partial charge in [0.05, 0.1) is 6.54 Å². The van der Waals surface area contributed by atoms with Gasteiger partial charge >= 0.3 is 12.1 Å². The van der Waals surface area contributed by atoms with Crippen molar-refractivity contribution in [3.63, 3.8) is 0 Å². The van der Waals surface area contributed by atoms with Crippen LogP contribution in [0.15, 0.2) is 0 Å². The number of carboxylic acids is 1. The smallest absolute Gasteiger partial charge is 0.411 e. The van der Waals surface area contributed by atoms with Crippen LogP contribution in [0.2, 0.25) is 0 Å². The van der Waals surface area contributed by atoms with Gasteiger partial charge in [0.25, 0.3) is 0 Å². The number of nitrogens with zero attached hydrogens (tertiary/aromatic N) is 2. The molecule has 2 aliphatic rings. The lowest BCUT2D eigenvalue weighted by Gasteiger charge is -2.41. The largest absolute Gasteiger partial charge is 0.480 e. The van der Waals surface area contributed by atoms with Crippen molar-refractivity contribution in [3.05, 3.63) is 0 Å². The minimum atomic E-state index is -1.11.